The summed E-state index contributed by atoms with van der Waals surface area (Å²) < 4.78 is 32.0. The van der Waals surface area contributed by atoms with Gasteiger partial charge in [-0.15, -0.1) is 0 Å². The predicted octanol–water partition coefficient (Wildman–Crippen LogP) is -11.9. The van der Waals surface area contributed by atoms with E-state index in [0.29, 0.717) is 79.3 Å². The van der Waals surface area contributed by atoms with Crippen LogP contribution in [-0.2, 0) is 28.4 Å². The molecular formula is C14H36Br2N6O6. The minimum atomic E-state index is -0.0833. The molecular weight excluding hydrogens is 508 g/mol. The Hall–Kier alpha value is -0.740. The zero-order valence-electron chi connectivity index (χ0n) is 16.2. The van der Waals surface area contributed by atoms with Crippen molar-refractivity contribution >= 4 is 11.9 Å². The number of hydrogen-bond donors (Lipinski definition) is 6. The fraction of sp³-hybridized carbons (Fsp3) is 0.857. The summed E-state index contributed by atoms with van der Waals surface area (Å²) in [6, 6.07) is 0. The Morgan fingerprint density at radius 1 is 0.393 bits per heavy atom. The Morgan fingerprint density at radius 3 is 0.536 bits per heavy atom. The summed E-state index contributed by atoms with van der Waals surface area (Å²) >= 11 is 0. The number of nitrogens with two attached hydrogens (primary N) is 6. The van der Waals surface area contributed by atoms with E-state index in [0.717, 1.165) is 0 Å². The average Bonchev–Trinajstić information content (AvgIpc) is 2.54. The molecule has 1 aliphatic rings. The zero-order valence-corrected chi connectivity index (χ0v) is 19.3. The number of halogens is 2. The fourth-order valence-corrected chi connectivity index (χ4v) is 1.32. The average molecular weight is 544 g/mol. The normalized spacial score (nSPS) is 17.1. The molecule has 0 amide bonds. The van der Waals surface area contributed by atoms with E-state index in [2.05, 4.69) is 33.8 Å². The highest BCUT2D eigenvalue weighted by molar-refractivity contribution is 5.68. The largest absolute Gasteiger partial charge is 1.00 e. The van der Waals surface area contributed by atoms with E-state index in [4.69, 9.17) is 28.4 Å². The molecule has 0 atom stereocenters. The molecule has 0 bridgehead atoms. The van der Waals surface area contributed by atoms with Crippen molar-refractivity contribution in [1.82, 2.24) is 0 Å². The Balaban J connectivity index is -0.000000246. The van der Waals surface area contributed by atoms with Gasteiger partial charge in [0.15, 0.2) is 0 Å². The second kappa shape index (κ2) is 31.0. The molecule has 172 valence electrons. The highest BCUT2D eigenvalue weighted by atomic mass is 79.9. The van der Waals surface area contributed by atoms with Gasteiger partial charge in [-0.3, -0.25) is 33.8 Å². The summed E-state index contributed by atoms with van der Waals surface area (Å²) in [5.41, 5.74) is 18.3. The molecule has 1 saturated heterocycles. The van der Waals surface area contributed by atoms with Crippen LogP contribution in [0.1, 0.15) is 0 Å². The van der Waals surface area contributed by atoms with Crippen LogP contribution in [-0.4, -0.2) is 91.2 Å². The van der Waals surface area contributed by atoms with Crippen molar-refractivity contribution < 1.29 is 73.2 Å². The molecule has 0 aliphatic carbocycles. The summed E-state index contributed by atoms with van der Waals surface area (Å²) in [6.45, 7) is 7.04. The minimum absolute atomic E-state index is 0. The standard InChI is InChI=1S/C12H24O6.2CH5N3.2BrH/c1-2-14-5-6-16-9-10-18-12-11-17-8-7-15-4-3-13-1;2*2-1(3)4;;/h1-12H2;2*(H5,2,3,4);2*1H. The molecule has 0 aromatic heterocycles. The van der Waals surface area contributed by atoms with Gasteiger partial charge in [0.25, 0.3) is 0 Å². The fourth-order valence-electron chi connectivity index (χ4n) is 1.32. The lowest BCUT2D eigenvalue weighted by Gasteiger charge is -2.09. The molecule has 14 heteroatoms. The first-order chi connectivity index (χ1) is 12.5. The number of guanidine groups is 2. The van der Waals surface area contributed by atoms with E-state index >= 15 is 0 Å². The maximum absolute atomic E-state index is 5.33. The second-order valence-corrected chi connectivity index (χ2v) is 4.67. The molecule has 28 heavy (non-hydrogen) atoms. The third kappa shape index (κ3) is 49.9. The Labute approximate surface area is 187 Å². The smallest absolute Gasteiger partial charge is 0.336 e. The molecule has 12 nitrogen and oxygen atoms in total. The maximum Gasteiger partial charge on any atom is 0.336 e. The second-order valence-electron chi connectivity index (χ2n) is 4.67. The maximum atomic E-state index is 5.33. The van der Waals surface area contributed by atoms with Gasteiger partial charge in [-0.2, -0.15) is 0 Å². The van der Waals surface area contributed by atoms with Gasteiger partial charge in [-0.1, -0.05) is 0 Å². The lowest BCUT2D eigenvalue weighted by Crippen LogP contribution is -3.00. The van der Waals surface area contributed by atoms with Crippen molar-refractivity contribution in [3.8, 4) is 0 Å². The van der Waals surface area contributed by atoms with Gasteiger partial charge in [0, 0.05) is 0 Å². The molecule has 12 N–H and O–H groups in total. The summed E-state index contributed by atoms with van der Waals surface area (Å²) in [4.78, 5) is 0. The van der Waals surface area contributed by atoms with E-state index in [1.807, 2.05) is 0 Å². The van der Waals surface area contributed by atoms with Crippen LogP contribution in [0.2, 0.25) is 0 Å². The van der Waals surface area contributed by atoms with Gasteiger partial charge in [0.2, 0.25) is 0 Å². The van der Waals surface area contributed by atoms with E-state index in [-0.39, 0.29) is 45.9 Å². The molecule has 1 heterocycles. The third-order valence-electron chi connectivity index (χ3n) is 2.23. The summed E-state index contributed by atoms with van der Waals surface area (Å²) in [5, 5.41) is 9.17. The van der Waals surface area contributed by atoms with Crippen LogP contribution in [0.25, 0.3) is 0 Å². The molecule has 0 spiro atoms. The van der Waals surface area contributed by atoms with Gasteiger partial charge < -0.3 is 62.4 Å². The van der Waals surface area contributed by atoms with E-state index < -0.39 is 0 Å². The number of rotatable bonds is 0. The molecule has 1 aliphatic heterocycles. The highest BCUT2D eigenvalue weighted by Gasteiger charge is 1.95. The van der Waals surface area contributed by atoms with Crippen LogP contribution in [0.3, 0.4) is 0 Å². The van der Waals surface area contributed by atoms with Gasteiger partial charge >= 0.3 is 11.9 Å². The Bertz CT molecular complexity index is 240. The zero-order chi connectivity index (χ0) is 19.9. The minimum Gasteiger partial charge on any atom is -1.00 e. The van der Waals surface area contributed by atoms with Crippen LogP contribution in [0.15, 0.2) is 0 Å². The van der Waals surface area contributed by atoms with Crippen molar-refractivity contribution in [1.29, 1.82) is 0 Å². The monoisotopic (exact) mass is 542 g/mol. The van der Waals surface area contributed by atoms with E-state index in [1.54, 1.807) is 0 Å². The van der Waals surface area contributed by atoms with E-state index in [9.17, 15) is 0 Å². The lowest BCUT2D eigenvalue weighted by atomic mass is 10.6. The van der Waals surface area contributed by atoms with E-state index in [1.165, 1.54) is 0 Å². The van der Waals surface area contributed by atoms with Gasteiger partial charge in [0.05, 0.1) is 79.3 Å². The molecule has 0 unspecified atom stereocenters. The van der Waals surface area contributed by atoms with Crippen LogP contribution in [0.5, 0.6) is 0 Å². The first-order valence-corrected chi connectivity index (χ1v) is 8.20. The summed E-state index contributed by atoms with van der Waals surface area (Å²) in [6.07, 6.45) is 0. The number of hydrogen-bond acceptors (Lipinski definition) is 6. The Morgan fingerprint density at radius 2 is 0.464 bits per heavy atom. The van der Waals surface area contributed by atoms with Crippen LogP contribution >= 0.6 is 0 Å². The van der Waals surface area contributed by atoms with Crippen molar-refractivity contribution in [2.75, 3.05) is 79.3 Å². The van der Waals surface area contributed by atoms with Crippen molar-refractivity contribution in [2.45, 2.75) is 0 Å². The van der Waals surface area contributed by atoms with Crippen molar-refractivity contribution in [3.05, 3.63) is 0 Å². The molecule has 0 aromatic carbocycles. The van der Waals surface area contributed by atoms with Gasteiger partial charge in [-0.25, -0.2) is 0 Å². The third-order valence-corrected chi connectivity index (χ3v) is 2.23. The van der Waals surface area contributed by atoms with Crippen molar-refractivity contribution in [3.63, 3.8) is 0 Å². The van der Waals surface area contributed by atoms with Gasteiger partial charge in [0.1, 0.15) is 0 Å². The van der Waals surface area contributed by atoms with Gasteiger partial charge in [-0.05, 0) is 0 Å². The Kier molecular flexibility index (Phi) is 38.4. The molecule has 1 rings (SSSR count). The van der Waals surface area contributed by atoms with Crippen molar-refractivity contribution in [2.24, 2.45) is 22.9 Å². The molecule has 0 saturated carbocycles. The quantitative estimate of drug-likeness (QED) is 0.125. The molecule has 0 aromatic rings. The number of ether oxygens (including phenoxy) is 6. The highest BCUT2D eigenvalue weighted by Crippen LogP contribution is 1.86. The topological polar surface area (TPSA) is 211 Å². The van der Waals surface area contributed by atoms with Crippen LogP contribution < -0.4 is 67.7 Å². The molecule has 1 fully saturated rings. The van der Waals surface area contributed by atoms with Crippen LogP contribution in [0, 0.1) is 0 Å². The summed E-state index contributed by atoms with van der Waals surface area (Å²) in [7, 11) is 0. The summed E-state index contributed by atoms with van der Waals surface area (Å²) in [5.74, 6) is -0.167. The predicted molar refractivity (Wildman–Crippen MR) is 95.5 cm³/mol. The lowest BCUT2D eigenvalue weighted by molar-refractivity contribution is -0.117. The first-order valence-electron chi connectivity index (χ1n) is 8.20. The molecule has 0 radical (unpaired) electrons. The first kappa shape index (κ1) is 34.7. The SMILES string of the molecule is C1COCCOCCOCCOCCOCCO1.NC(N)=[NH2+].NC(N)=[NH2+].[Br-].[Br-]. The van der Waals surface area contributed by atoms with Crippen LogP contribution in [0.4, 0.5) is 0 Å².